The zero-order valence-corrected chi connectivity index (χ0v) is 26.9. The van der Waals surface area contributed by atoms with E-state index in [-0.39, 0.29) is 0 Å². The van der Waals surface area contributed by atoms with Crippen LogP contribution >= 0.6 is 86.3 Å². The molecule has 0 spiro atoms. The summed E-state index contributed by atoms with van der Waals surface area (Å²) >= 11 is 15.7. The standard InChI is InChI=1S/4C6H6S2.Sn/c4*7-5-3-1-2-4-6(5)8;/h4*1-4,7-8H;/q;;;;+4/p-4. The maximum absolute atomic E-state index is 4.79. The second kappa shape index (κ2) is 12.6. The van der Waals surface area contributed by atoms with Crippen molar-refractivity contribution >= 4 is 99.1 Å². The molecule has 4 aromatic carbocycles. The van der Waals surface area contributed by atoms with Crippen molar-refractivity contribution < 1.29 is 0 Å². The van der Waals surface area contributed by atoms with Gasteiger partial charge < -0.3 is 0 Å². The van der Waals surface area contributed by atoms with E-state index in [1.807, 2.05) is 60.0 Å². The zero-order valence-electron chi connectivity index (χ0n) is 17.2. The van der Waals surface area contributed by atoms with E-state index in [1.165, 1.54) is 19.6 Å². The van der Waals surface area contributed by atoms with Gasteiger partial charge in [0.15, 0.2) is 0 Å². The maximum atomic E-state index is 4.79. The molecule has 0 aromatic heterocycles. The van der Waals surface area contributed by atoms with E-state index in [1.54, 1.807) is 0 Å². The Morgan fingerprint density at radius 1 is 0.364 bits per heavy atom. The Morgan fingerprint density at radius 3 is 0.788 bits per heavy atom. The molecule has 33 heavy (non-hydrogen) atoms. The normalized spacial score (nSPS) is 11.5. The first kappa shape index (κ1) is 26.5. The zero-order chi connectivity index (χ0) is 23.3. The molecule has 0 radical (unpaired) electrons. The molecule has 0 atom stereocenters. The van der Waals surface area contributed by atoms with E-state index in [9.17, 15) is 0 Å². The van der Waals surface area contributed by atoms with E-state index >= 15 is 0 Å². The van der Waals surface area contributed by atoms with E-state index in [2.05, 4.69) is 72.8 Å². The van der Waals surface area contributed by atoms with E-state index in [0.29, 0.717) is 0 Å². The summed E-state index contributed by atoms with van der Waals surface area (Å²) in [6, 6.07) is 33.4. The molecule has 0 N–H and O–H groups in total. The average molecular weight is 684 g/mol. The fourth-order valence-corrected chi connectivity index (χ4v) is 53.7. The van der Waals surface area contributed by atoms with Crippen molar-refractivity contribution in [1.29, 1.82) is 0 Å². The van der Waals surface area contributed by atoms with Gasteiger partial charge in [0.05, 0.1) is 0 Å². The second-order valence-corrected chi connectivity index (χ2v) is 48.0. The quantitative estimate of drug-likeness (QED) is 0.108. The summed E-state index contributed by atoms with van der Waals surface area (Å²) in [6.07, 6.45) is 0. The first-order valence-electron chi connectivity index (χ1n) is 9.84. The molecule has 0 amide bonds. The molecule has 0 aliphatic rings. The fourth-order valence-electron chi connectivity index (χ4n) is 2.84. The summed E-state index contributed by atoms with van der Waals surface area (Å²) in [5.41, 5.74) is 0. The third-order valence-electron chi connectivity index (χ3n) is 4.40. The van der Waals surface area contributed by atoms with Gasteiger partial charge in [-0.25, -0.2) is 0 Å². The molecule has 0 unspecified atom stereocenters. The summed E-state index contributed by atoms with van der Waals surface area (Å²) < 4.78 is 0. The van der Waals surface area contributed by atoms with E-state index < -0.39 is 12.8 Å². The number of rotatable bonds is 8. The van der Waals surface area contributed by atoms with Crippen molar-refractivity contribution in [3.05, 3.63) is 97.1 Å². The Morgan fingerprint density at radius 2 is 0.576 bits per heavy atom. The Kier molecular flexibility index (Phi) is 10.2. The van der Waals surface area contributed by atoms with Gasteiger partial charge in [0.2, 0.25) is 0 Å². The Hall–Kier alpha value is 0.479. The van der Waals surface area contributed by atoms with Crippen LogP contribution in [0.5, 0.6) is 0 Å². The summed E-state index contributed by atoms with van der Waals surface area (Å²) in [6.45, 7) is 0. The number of thiol groups is 4. The van der Waals surface area contributed by atoms with Gasteiger partial charge in [-0.3, -0.25) is 0 Å². The first-order chi connectivity index (χ1) is 16.0. The molecule has 0 bridgehead atoms. The van der Waals surface area contributed by atoms with E-state index in [4.69, 9.17) is 50.5 Å². The molecular formula is C24H20S8Sn. The molecular weight excluding hydrogens is 664 g/mol. The van der Waals surface area contributed by atoms with Crippen LogP contribution in [-0.4, -0.2) is 12.8 Å². The second-order valence-electron chi connectivity index (χ2n) is 6.78. The topological polar surface area (TPSA) is 0 Å². The van der Waals surface area contributed by atoms with Crippen LogP contribution in [0.1, 0.15) is 0 Å². The molecule has 4 aromatic rings. The minimum atomic E-state index is -3.42. The third-order valence-corrected chi connectivity index (χ3v) is 46.1. The molecule has 0 saturated carbocycles. The monoisotopic (exact) mass is 684 g/mol. The number of hydrogen-bond donors (Lipinski definition) is 4. The SMILES string of the molecule is Sc1ccccc1[S][Sn]([S]c1ccccc1S)([S]c1ccccc1S)[S]c1ccccc1S. The van der Waals surface area contributed by atoms with Gasteiger partial charge in [-0.05, 0) is 0 Å². The summed E-state index contributed by atoms with van der Waals surface area (Å²) in [5.74, 6) is 0. The van der Waals surface area contributed by atoms with Crippen LogP contribution < -0.4 is 0 Å². The predicted molar refractivity (Wildman–Crippen MR) is 164 cm³/mol. The van der Waals surface area contributed by atoms with Crippen molar-refractivity contribution in [1.82, 2.24) is 0 Å². The van der Waals surface area contributed by atoms with Crippen LogP contribution in [-0.2, 0) is 0 Å². The Labute approximate surface area is 232 Å². The third kappa shape index (κ3) is 7.26. The summed E-state index contributed by atoms with van der Waals surface area (Å²) in [4.78, 5) is 8.82. The van der Waals surface area contributed by atoms with Crippen LogP contribution in [0.25, 0.3) is 0 Å². The van der Waals surface area contributed by atoms with Gasteiger partial charge in [0, 0.05) is 0 Å². The molecule has 9 heteroatoms. The van der Waals surface area contributed by atoms with Gasteiger partial charge in [0.25, 0.3) is 0 Å². The van der Waals surface area contributed by atoms with Crippen molar-refractivity contribution in [2.45, 2.75) is 39.2 Å². The van der Waals surface area contributed by atoms with Gasteiger partial charge in [-0.1, -0.05) is 0 Å². The molecule has 0 aliphatic heterocycles. The Bertz CT molecular complexity index is 1050. The van der Waals surface area contributed by atoms with Crippen LogP contribution in [0.2, 0.25) is 0 Å². The minimum absolute atomic E-state index is 1.00. The first-order valence-corrected chi connectivity index (χ1v) is 28.9. The van der Waals surface area contributed by atoms with Crippen LogP contribution in [0.15, 0.2) is 136 Å². The van der Waals surface area contributed by atoms with Crippen LogP contribution in [0.4, 0.5) is 0 Å². The summed E-state index contributed by atoms with van der Waals surface area (Å²) in [5, 5.41) is 0. The fraction of sp³-hybridized carbons (Fsp3) is 0. The average Bonchev–Trinajstić information content (AvgIpc) is 2.80. The van der Waals surface area contributed by atoms with Crippen molar-refractivity contribution in [3.63, 3.8) is 0 Å². The summed E-state index contributed by atoms with van der Waals surface area (Å²) in [7, 11) is 7.98. The van der Waals surface area contributed by atoms with Crippen LogP contribution in [0.3, 0.4) is 0 Å². The molecule has 4 rings (SSSR count). The number of benzene rings is 4. The van der Waals surface area contributed by atoms with Gasteiger partial charge in [-0.2, -0.15) is 0 Å². The van der Waals surface area contributed by atoms with Crippen molar-refractivity contribution in [2.75, 3.05) is 0 Å². The van der Waals surface area contributed by atoms with Gasteiger partial charge >= 0.3 is 235 Å². The molecule has 0 saturated heterocycles. The molecule has 168 valence electrons. The van der Waals surface area contributed by atoms with Crippen LogP contribution in [0, 0.1) is 0 Å². The molecule has 0 fully saturated rings. The number of hydrogen-bond acceptors (Lipinski definition) is 8. The predicted octanol–water partition coefficient (Wildman–Crippen LogP) is 9.75. The molecule has 0 nitrogen and oxygen atoms in total. The van der Waals surface area contributed by atoms with Crippen molar-refractivity contribution in [2.24, 2.45) is 0 Å². The Balaban J connectivity index is 1.86. The van der Waals surface area contributed by atoms with Crippen molar-refractivity contribution in [3.8, 4) is 0 Å². The van der Waals surface area contributed by atoms with Gasteiger partial charge in [-0.15, -0.1) is 0 Å². The molecule has 0 heterocycles. The van der Waals surface area contributed by atoms with E-state index in [0.717, 1.165) is 19.6 Å². The molecule has 0 aliphatic carbocycles. The van der Waals surface area contributed by atoms with Gasteiger partial charge in [0.1, 0.15) is 0 Å².